The van der Waals surface area contributed by atoms with Crippen molar-refractivity contribution in [3.8, 4) is 5.75 Å². The van der Waals surface area contributed by atoms with Gasteiger partial charge in [-0.2, -0.15) is 0 Å². The maximum Gasteiger partial charge on any atom is 0.353 e. The molecule has 1 fully saturated rings. The van der Waals surface area contributed by atoms with Crippen LogP contribution >= 0.6 is 11.3 Å². The van der Waals surface area contributed by atoms with Crippen molar-refractivity contribution >= 4 is 23.2 Å². The third kappa shape index (κ3) is 4.61. The van der Waals surface area contributed by atoms with Gasteiger partial charge in [-0.15, -0.1) is 11.3 Å². The first-order valence-corrected chi connectivity index (χ1v) is 10.3. The fraction of sp³-hybridized carbons (Fsp3) is 0.455. The molecule has 4 nitrogen and oxygen atoms in total. The standard InChI is InChI=1S/C22H26FNO3S/c1-14-6-8-17(16(23)12-14)27-19(25)18-9-7-15(28-18)13-21(2,3)20(26)24-22(4)10-5-11-22/h6-9,12H,5,10-11,13H2,1-4H3,(H,24,26). The summed E-state index contributed by atoms with van der Waals surface area (Å²) in [6.45, 7) is 7.66. The van der Waals surface area contributed by atoms with E-state index >= 15 is 0 Å². The number of aryl methyl sites for hydroxylation is 1. The average Bonchev–Trinajstić information content (AvgIpc) is 3.03. The van der Waals surface area contributed by atoms with Crippen LogP contribution in [0.25, 0.3) is 0 Å². The number of rotatable bonds is 6. The molecule has 0 spiro atoms. The van der Waals surface area contributed by atoms with Crippen molar-refractivity contribution in [2.45, 2.75) is 58.9 Å². The van der Waals surface area contributed by atoms with Crippen LogP contribution in [0, 0.1) is 18.2 Å². The highest BCUT2D eigenvalue weighted by Crippen LogP contribution is 2.34. The maximum absolute atomic E-state index is 13.9. The molecule has 3 rings (SSSR count). The zero-order valence-electron chi connectivity index (χ0n) is 16.7. The lowest BCUT2D eigenvalue weighted by atomic mass is 9.77. The third-order valence-electron chi connectivity index (χ3n) is 5.26. The van der Waals surface area contributed by atoms with Gasteiger partial charge in [0.2, 0.25) is 5.91 Å². The molecule has 0 atom stereocenters. The van der Waals surface area contributed by atoms with E-state index in [2.05, 4.69) is 12.2 Å². The van der Waals surface area contributed by atoms with E-state index in [1.165, 1.54) is 23.5 Å². The third-order valence-corrected chi connectivity index (χ3v) is 6.32. The highest BCUT2D eigenvalue weighted by molar-refractivity contribution is 7.13. The van der Waals surface area contributed by atoms with Gasteiger partial charge in [-0.25, -0.2) is 9.18 Å². The molecule has 0 aliphatic heterocycles. The highest BCUT2D eigenvalue weighted by atomic mass is 32.1. The predicted molar refractivity (Wildman–Crippen MR) is 108 cm³/mol. The minimum Gasteiger partial charge on any atom is -0.419 e. The van der Waals surface area contributed by atoms with Crippen LogP contribution in [0.2, 0.25) is 0 Å². The second-order valence-electron chi connectivity index (χ2n) is 8.52. The predicted octanol–water partition coefficient (Wildman–Crippen LogP) is 5.04. The lowest BCUT2D eigenvalue weighted by molar-refractivity contribution is -0.132. The summed E-state index contributed by atoms with van der Waals surface area (Å²) < 4.78 is 19.1. The number of amides is 1. The van der Waals surface area contributed by atoms with Gasteiger partial charge >= 0.3 is 5.97 Å². The van der Waals surface area contributed by atoms with Crippen molar-refractivity contribution in [2.24, 2.45) is 5.41 Å². The summed E-state index contributed by atoms with van der Waals surface area (Å²) in [4.78, 5) is 26.3. The van der Waals surface area contributed by atoms with Crippen LogP contribution in [0.1, 0.15) is 60.1 Å². The molecular formula is C22H26FNO3S. The van der Waals surface area contributed by atoms with Crippen molar-refractivity contribution in [3.63, 3.8) is 0 Å². The second kappa shape index (κ2) is 7.66. The van der Waals surface area contributed by atoms with E-state index in [9.17, 15) is 14.0 Å². The summed E-state index contributed by atoms with van der Waals surface area (Å²) in [6, 6.07) is 7.95. The zero-order chi connectivity index (χ0) is 20.5. The normalized spacial score (nSPS) is 15.6. The molecule has 1 aromatic carbocycles. The van der Waals surface area contributed by atoms with Gasteiger partial charge in [-0.1, -0.05) is 19.9 Å². The molecule has 1 aliphatic rings. The summed E-state index contributed by atoms with van der Waals surface area (Å²) in [5, 5.41) is 3.16. The first-order chi connectivity index (χ1) is 13.1. The van der Waals surface area contributed by atoms with Gasteiger partial charge in [-0.3, -0.25) is 4.79 Å². The number of hydrogen-bond donors (Lipinski definition) is 1. The van der Waals surface area contributed by atoms with Gasteiger partial charge < -0.3 is 10.1 Å². The fourth-order valence-electron chi connectivity index (χ4n) is 3.21. The molecule has 1 heterocycles. The van der Waals surface area contributed by atoms with Crippen LogP contribution in [0.4, 0.5) is 4.39 Å². The van der Waals surface area contributed by atoms with Crippen LogP contribution < -0.4 is 10.1 Å². The van der Waals surface area contributed by atoms with Crippen molar-refractivity contribution in [1.82, 2.24) is 5.32 Å². The topological polar surface area (TPSA) is 55.4 Å². The average molecular weight is 404 g/mol. The molecule has 1 aromatic heterocycles. The molecule has 1 N–H and O–H groups in total. The summed E-state index contributed by atoms with van der Waals surface area (Å²) in [5.41, 5.74) is 0.0804. The number of carbonyl (C=O) groups is 2. The largest absolute Gasteiger partial charge is 0.419 e. The molecule has 0 radical (unpaired) electrons. The Morgan fingerprint density at radius 3 is 2.57 bits per heavy atom. The fourth-order valence-corrected chi connectivity index (χ4v) is 4.33. The Balaban J connectivity index is 1.64. The monoisotopic (exact) mass is 403 g/mol. The second-order valence-corrected chi connectivity index (χ2v) is 9.69. The number of benzene rings is 1. The summed E-state index contributed by atoms with van der Waals surface area (Å²) >= 11 is 1.27. The van der Waals surface area contributed by atoms with Crippen LogP contribution in [0.3, 0.4) is 0 Å². The smallest absolute Gasteiger partial charge is 0.353 e. The van der Waals surface area contributed by atoms with E-state index in [0.29, 0.717) is 11.3 Å². The Kier molecular flexibility index (Phi) is 5.62. The van der Waals surface area contributed by atoms with E-state index in [0.717, 1.165) is 29.7 Å². The minimum absolute atomic E-state index is 0.0222. The summed E-state index contributed by atoms with van der Waals surface area (Å²) in [5.74, 6) is -1.22. The van der Waals surface area contributed by atoms with Crippen LogP contribution in [-0.4, -0.2) is 17.4 Å². The first kappa shape index (κ1) is 20.5. The van der Waals surface area contributed by atoms with Crippen LogP contribution in [-0.2, 0) is 11.2 Å². The lowest BCUT2D eigenvalue weighted by Crippen LogP contribution is -2.54. The Labute approximate surface area is 169 Å². The van der Waals surface area contributed by atoms with Gasteiger partial charge in [0.05, 0.1) is 0 Å². The highest BCUT2D eigenvalue weighted by Gasteiger charge is 2.38. The Morgan fingerprint density at radius 1 is 1.25 bits per heavy atom. The molecule has 2 aromatic rings. The number of hydrogen-bond acceptors (Lipinski definition) is 4. The number of halogens is 1. The van der Waals surface area contributed by atoms with E-state index in [1.807, 2.05) is 19.9 Å². The molecule has 28 heavy (non-hydrogen) atoms. The molecule has 1 aliphatic carbocycles. The quantitative estimate of drug-likeness (QED) is 0.543. The van der Waals surface area contributed by atoms with E-state index in [-0.39, 0.29) is 17.2 Å². The molecule has 0 bridgehead atoms. The number of carbonyl (C=O) groups excluding carboxylic acids is 2. The van der Waals surface area contributed by atoms with Crippen molar-refractivity contribution < 1.29 is 18.7 Å². The first-order valence-electron chi connectivity index (χ1n) is 9.48. The zero-order valence-corrected chi connectivity index (χ0v) is 17.5. The van der Waals surface area contributed by atoms with Gasteiger partial charge in [0.25, 0.3) is 0 Å². The van der Waals surface area contributed by atoms with Gasteiger partial charge in [0, 0.05) is 15.8 Å². The molecule has 6 heteroatoms. The number of nitrogens with one attached hydrogen (secondary N) is 1. The van der Waals surface area contributed by atoms with Crippen LogP contribution in [0.15, 0.2) is 30.3 Å². The SMILES string of the molecule is Cc1ccc(OC(=O)c2ccc(CC(C)(C)C(=O)NC3(C)CCC3)s2)c(F)c1. The van der Waals surface area contributed by atoms with Crippen molar-refractivity contribution in [3.05, 3.63) is 51.5 Å². The van der Waals surface area contributed by atoms with E-state index in [4.69, 9.17) is 4.74 Å². The molecule has 0 unspecified atom stereocenters. The molecular weight excluding hydrogens is 377 g/mol. The summed E-state index contributed by atoms with van der Waals surface area (Å²) in [6.07, 6.45) is 3.69. The number of thiophene rings is 1. The maximum atomic E-state index is 13.9. The van der Waals surface area contributed by atoms with Crippen molar-refractivity contribution in [2.75, 3.05) is 0 Å². The molecule has 1 amide bonds. The number of esters is 1. The molecule has 150 valence electrons. The van der Waals surface area contributed by atoms with Crippen LogP contribution in [0.5, 0.6) is 5.75 Å². The van der Waals surface area contributed by atoms with Gasteiger partial charge in [0.15, 0.2) is 11.6 Å². The van der Waals surface area contributed by atoms with Gasteiger partial charge in [-0.05, 0) is 69.4 Å². The van der Waals surface area contributed by atoms with Gasteiger partial charge in [0.1, 0.15) is 4.88 Å². The van der Waals surface area contributed by atoms with E-state index in [1.54, 1.807) is 19.1 Å². The van der Waals surface area contributed by atoms with E-state index < -0.39 is 17.2 Å². The summed E-state index contributed by atoms with van der Waals surface area (Å²) in [7, 11) is 0. The Morgan fingerprint density at radius 2 is 1.96 bits per heavy atom. The lowest BCUT2D eigenvalue weighted by Gasteiger charge is -2.41. The number of ether oxygens (including phenoxy) is 1. The minimum atomic E-state index is -0.594. The molecule has 0 saturated heterocycles. The Hall–Kier alpha value is -2.21. The molecule has 1 saturated carbocycles. The Bertz CT molecular complexity index is 899. The van der Waals surface area contributed by atoms with Crippen molar-refractivity contribution in [1.29, 1.82) is 0 Å².